The second-order valence-electron chi connectivity index (χ2n) is 4.18. The first-order valence-electron chi connectivity index (χ1n) is 4.87. The summed E-state index contributed by atoms with van der Waals surface area (Å²) in [5.74, 6) is -0.521. The minimum Gasteiger partial charge on any atom is -0.344 e. The monoisotopic (exact) mass is 247 g/mol. The molecule has 1 aliphatic heterocycles. The summed E-state index contributed by atoms with van der Waals surface area (Å²) in [6.45, 7) is 7.79. The van der Waals surface area contributed by atoms with Gasteiger partial charge in [0.15, 0.2) is 10.3 Å². The molecule has 5 heteroatoms. The van der Waals surface area contributed by atoms with Crippen molar-refractivity contribution >= 4 is 22.9 Å². The Morgan fingerprint density at radius 2 is 2.07 bits per heavy atom. The molecule has 1 aliphatic rings. The minimum absolute atomic E-state index is 0.0372. The molecule has 1 aromatic rings. The van der Waals surface area contributed by atoms with Crippen LogP contribution < -0.4 is 0 Å². The summed E-state index contributed by atoms with van der Waals surface area (Å²) in [6, 6.07) is 0. The van der Waals surface area contributed by atoms with E-state index in [4.69, 9.17) is 21.1 Å². The predicted molar refractivity (Wildman–Crippen MR) is 60.3 cm³/mol. The Morgan fingerprint density at radius 1 is 1.40 bits per heavy atom. The molecule has 1 saturated heterocycles. The molecule has 2 atom stereocenters. The topological polar surface area (TPSA) is 31.4 Å². The maximum atomic E-state index is 5.87. The molecule has 0 bridgehead atoms. The van der Waals surface area contributed by atoms with Crippen molar-refractivity contribution in [3.05, 3.63) is 15.0 Å². The van der Waals surface area contributed by atoms with Crippen LogP contribution in [0, 0.1) is 6.92 Å². The van der Waals surface area contributed by atoms with Crippen LogP contribution in [0.1, 0.15) is 37.4 Å². The largest absolute Gasteiger partial charge is 0.344 e. The third-order valence-corrected chi connectivity index (χ3v) is 3.69. The van der Waals surface area contributed by atoms with Crippen molar-refractivity contribution < 1.29 is 9.47 Å². The Kier molecular flexibility index (Phi) is 2.79. The number of ether oxygens (including phenoxy) is 2. The zero-order valence-electron chi connectivity index (χ0n) is 9.20. The van der Waals surface area contributed by atoms with Crippen LogP contribution in [0.3, 0.4) is 0 Å². The second-order valence-corrected chi connectivity index (χ2v) is 5.79. The Morgan fingerprint density at radius 3 is 2.47 bits per heavy atom. The van der Waals surface area contributed by atoms with Crippen LogP contribution in [-0.2, 0) is 9.47 Å². The first kappa shape index (κ1) is 11.3. The van der Waals surface area contributed by atoms with Crippen LogP contribution in [0.15, 0.2) is 0 Å². The lowest BCUT2D eigenvalue weighted by Crippen LogP contribution is -2.20. The van der Waals surface area contributed by atoms with Gasteiger partial charge in [0.1, 0.15) is 6.10 Å². The summed E-state index contributed by atoms with van der Waals surface area (Å²) in [5, 5.41) is 0. The van der Waals surface area contributed by atoms with Crippen molar-refractivity contribution in [1.29, 1.82) is 0 Å². The van der Waals surface area contributed by atoms with E-state index in [9.17, 15) is 0 Å². The van der Waals surface area contributed by atoms with Crippen molar-refractivity contribution in [2.45, 2.75) is 45.7 Å². The summed E-state index contributed by atoms with van der Waals surface area (Å²) < 4.78 is 12.1. The van der Waals surface area contributed by atoms with Gasteiger partial charge >= 0.3 is 0 Å². The highest BCUT2D eigenvalue weighted by Gasteiger charge is 2.41. The number of thiazole rings is 1. The van der Waals surface area contributed by atoms with Gasteiger partial charge in [0.2, 0.25) is 0 Å². The van der Waals surface area contributed by atoms with Crippen molar-refractivity contribution in [1.82, 2.24) is 4.98 Å². The molecule has 0 N–H and O–H groups in total. The standard InChI is InChI=1S/C10H14ClNO2S/c1-5-8(15-9(11)12-5)7-6(2)13-10(3,4)14-7/h6-7H,1-4H3/t6-,7+/m0/s1. The number of aryl methyl sites for hydroxylation is 1. The molecule has 1 fully saturated rings. The van der Waals surface area contributed by atoms with Gasteiger partial charge in [-0.25, -0.2) is 4.98 Å². The number of nitrogens with zero attached hydrogens (tertiary/aromatic N) is 1. The van der Waals surface area contributed by atoms with E-state index in [1.807, 2.05) is 27.7 Å². The summed E-state index contributed by atoms with van der Waals surface area (Å²) in [5.41, 5.74) is 0.933. The average molecular weight is 248 g/mol. The smallest absolute Gasteiger partial charge is 0.184 e. The fraction of sp³-hybridized carbons (Fsp3) is 0.700. The fourth-order valence-corrected chi connectivity index (χ4v) is 3.13. The highest BCUT2D eigenvalue weighted by Crippen LogP contribution is 2.41. The van der Waals surface area contributed by atoms with Crippen LogP contribution >= 0.6 is 22.9 Å². The Balaban J connectivity index is 2.29. The van der Waals surface area contributed by atoms with E-state index in [1.165, 1.54) is 11.3 Å². The van der Waals surface area contributed by atoms with Crippen LogP contribution in [0.2, 0.25) is 4.47 Å². The lowest BCUT2D eigenvalue weighted by atomic mass is 10.2. The van der Waals surface area contributed by atoms with E-state index in [1.54, 1.807) is 0 Å². The summed E-state index contributed by atoms with van der Waals surface area (Å²) in [7, 11) is 0. The van der Waals surface area contributed by atoms with Crippen molar-refractivity contribution in [2.24, 2.45) is 0 Å². The van der Waals surface area contributed by atoms with E-state index in [-0.39, 0.29) is 12.2 Å². The quantitative estimate of drug-likeness (QED) is 0.763. The molecule has 0 unspecified atom stereocenters. The zero-order chi connectivity index (χ0) is 11.2. The van der Waals surface area contributed by atoms with E-state index in [0.717, 1.165) is 10.6 Å². The number of halogens is 1. The SMILES string of the molecule is Cc1nc(Cl)sc1[C@@H]1OC(C)(C)O[C@H]1C. The van der Waals surface area contributed by atoms with E-state index in [0.29, 0.717) is 4.47 Å². The molecular weight excluding hydrogens is 234 g/mol. The normalized spacial score (nSPS) is 29.7. The number of aromatic nitrogens is 1. The second kappa shape index (κ2) is 3.70. The Bertz CT molecular complexity index is 377. The van der Waals surface area contributed by atoms with Crippen molar-refractivity contribution in [3.8, 4) is 0 Å². The molecule has 84 valence electrons. The first-order chi connectivity index (χ1) is 6.89. The minimum atomic E-state index is -0.521. The van der Waals surface area contributed by atoms with Crippen LogP contribution in [0.4, 0.5) is 0 Å². The highest BCUT2D eigenvalue weighted by atomic mass is 35.5. The van der Waals surface area contributed by atoms with E-state index < -0.39 is 5.79 Å². The maximum Gasteiger partial charge on any atom is 0.184 e. The van der Waals surface area contributed by atoms with E-state index >= 15 is 0 Å². The van der Waals surface area contributed by atoms with Gasteiger partial charge in [0.05, 0.1) is 16.7 Å². The Labute approximate surface area is 98.4 Å². The molecule has 3 nitrogen and oxygen atoms in total. The summed E-state index contributed by atoms with van der Waals surface area (Å²) in [4.78, 5) is 5.25. The lowest BCUT2D eigenvalue weighted by Gasteiger charge is -2.16. The molecular formula is C10H14ClNO2S. The summed E-state index contributed by atoms with van der Waals surface area (Å²) >= 11 is 7.34. The van der Waals surface area contributed by atoms with Gasteiger partial charge in [-0.1, -0.05) is 11.6 Å². The van der Waals surface area contributed by atoms with E-state index in [2.05, 4.69) is 4.98 Å². The third kappa shape index (κ3) is 2.18. The van der Waals surface area contributed by atoms with Gasteiger partial charge in [-0.05, 0) is 27.7 Å². The van der Waals surface area contributed by atoms with Gasteiger partial charge in [-0.3, -0.25) is 0 Å². The average Bonchev–Trinajstić information content (AvgIpc) is 2.52. The molecule has 2 heterocycles. The molecule has 0 spiro atoms. The van der Waals surface area contributed by atoms with Gasteiger partial charge in [0.25, 0.3) is 0 Å². The first-order valence-corrected chi connectivity index (χ1v) is 6.07. The molecule has 0 saturated carbocycles. The summed E-state index contributed by atoms with van der Waals surface area (Å²) in [6.07, 6.45) is -0.0137. The van der Waals surface area contributed by atoms with Crippen LogP contribution in [0.5, 0.6) is 0 Å². The zero-order valence-corrected chi connectivity index (χ0v) is 10.8. The number of hydrogen-bond acceptors (Lipinski definition) is 4. The van der Waals surface area contributed by atoms with Gasteiger partial charge in [-0.2, -0.15) is 0 Å². The molecule has 15 heavy (non-hydrogen) atoms. The number of hydrogen-bond donors (Lipinski definition) is 0. The van der Waals surface area contributed by atoms with Crippen molar-refractivity contribution in [2.75, 3.05) is 0 Å². The van der Waals surface area contributed by atoms with Crippen LogP contribution in [0.25, 0.3) is 0 Å². The Hall–Kier alpha value is -0.160. The maximum absolute atomic E-state index is 5.87. The van der Waals surface area contributed by atoms with Gasteiger partial charge in [-0.15, -0.1) is 11.3 Å². The molecule has 1 aromatic heterocycles. The predicted octanol–water partition coefficient (Wildman–Crippen LogP) is 3.32. The molecule has 0 aliphatic carbocycles. The molecule has 0 amide bonds. The highest BCUT2D eigenvalue weighted by molar-refractivity contribution is 7.15. The molecule has 2 rings (SSSR count). The van der Waals surface area contributed by atoms with Gasteiger partial charge in [0, 0.05) is 0 Å². The molecule has 0 aromatic carbocycles. The van der Waals surface area contributed by atoms with Crippen molar-refractivity contribution in [3.63, 3.8) is 0 Å². The molecule has 0 radical (unpaired) electrons. The van der Waals surface area contributed by atoms with Gasteiger partial charge < -0.3 is 9.47 Å². The van der Waals surface area contributed by atoms with Crippen LogP contribution in [-0.4, -0.2) is 16.9 Å². The number of rotatable bonds is 1. The lowest BCUT2D eigenvalue weighted by molar-refractivity contribution is -0.145. The fourth-order valence-electron chi connectivity index (χ4n) is 1.84. The third-order valence-electron chi connectivity index (χ3n) is 2.37.